The van der Waals surface area contributed by atoms with Crippen molar-refractivity contribution < 1.29 is 43.7 Å². The van der Waals surface area contributed by atoms with E-state index in [9.17, 15) is 29.7 Å². The molecule has 9 nitrogen and oxygen atoms in total. The number of phosphoric ester groups is 1. The minimum atomic E-state index is -5.32. The molecule has 18 heavy (non-hydrogen) atoms. The monoisotopic (exact) mass is 286 g/mol. The van der Waals surface area contributed by atoms with E-state index in [1.165, 1.54) is 7.11 Å². The Kier molecular flexibility index (Phi) is 5.24. The second-order valence-corrected chi connectivity index (χ2v) is 5.16. The molecule has 0 aromatic rings. The Morgan fingerprint density at radius 3 is 2.61 bits per heavy atom. The average Bonchev–Trinajstić information content (AvgIpc) is 2.23. The van der Waals surface area contributed by atoms with Gasteiger partial charge in [0.1, 0.15) is 12.7 Å². The van der Waals surface area contributed by atoms with Crippen LogP contribution in [0.5, 0.6) is 0 Å². The number of hydrogen-bond acceptors (Lipinski definition) is 9. The lowest BCUT2D eigenvalue weighted by Gasteiger charge is -2.44. The maximum absolute atomic E-state index is 10.3. The summed E-state index contributed by atoms with van der Waals surface area (Å²) in [6.45, 7) is -1.09. The summed E-state index contributed by atoms with van der Waals surface area (Å²) in [7, 11) is -3.96. The van der Waals surface area contributed by atoms with E-state index in [0.717, 1.165) is 0 Å². The van der Waals surface area contributed by atoms with Gasteiger partial charge in [-0.1, -0.05) is 0 Å². The maximum Gasteiger partial charge on any atom is 0.219 e. The molecule has 3 unspecified atom stereocenters. The molecule has 0 saturated carbocycles. The van der Waals surface area contributed by atoms with Gasteiger partial charge in [-0.05, 0) is 0 Å². The lowest BCUT2D eigenvalue weighted by atomic mass is 9.96. The minimum absolute atomic E-state index is 0.0102. The normalized spacial score (nSPS) is 37.8. The third-order valence-corrected chi connectivity index (χ3v) is 2.93. The fourth-order valence-electron chi connectivity index (χ4n) is 1.68. The predicted octanol–water partition coefficient (Wildman–Crippen LogP) is -3.32. The third-order valence-electron chi connectivity index (χ3n) is 2.48. The molecule has 10 heteroatoms. The van der Waals surface area contributed by atoms with Gasteiger partial charge in [-0.15, -0.1) is 0 Å². The second kappa shape index (κ2) is 5.91. The van der Waals surface area contributed by atoms with E-state index in [2.05, 4.69) is 4.52 Å². The Bertz CT molecular complexity index is 318. The van der Waals surface area contributed by atoms with Gasteiger partial charge in [0, 0.05) is 13.5 Å². The van der Waals surface area contributed by atoms with Crippen LogP contribution in [-0.2, 0) is 18.6 Å². The first kappa shape index (κ1) is 16.0. The molecule has 108 valence electrons. The zero-order valence-electron chi connectivity index (χ0n) is 9.59. The van der Waals surface area contributed by atoms with Crippen LogP contribution in [0, 0.1) is 0 Å². The Morgan fingerprint density at radius 1 is 1.50 bits per heavy atom. The molecule has 1 fully saturated rings. The molecule has 0 aliphatic carbocycles. The fourth-order valence-corrected chi connectivity index (χ4v) is 2.03. The maximum atomic E-state index is 10.3. The molecular weight excluding hydrogens is 271 g/mol. The number of methoxy groups -OCH3 is 1. The Balaban J connectivity index is 2.72. The molecule has 0 aromatic carbocycles. The molecule has 0 aromatic heterocycles. The van der Waals surface area contributed by atoms with Crippen LogP contribution in [0.4, 0.5) is 0 Å². The summed E-state index contributed by atoms with van der Waals surface area (Å²) in [5, 5.41) is 28.9. The van der Waals surface area contributed by atoms with Gasteiger partial charge in [0.15, 0.2) is 0 Å². The van der Waals surface area contributed by atoms with Crippen molar-refractivity contribution in [3.8, 4) is 0 Å². The largest absolute Gasteiger partial charge is 0.790 e. The molecule has 0 radical (unpaired) electrons. The van der Waals surface area contributed by atoms with Crippen molar-refractivity contribution in [2.24, 2.45) is 0 Å². The molecule has 0 spiro atoms. The smallest absolute Gasteiger partial charge is 0.219 e. The fraction of sp³-hybridized carbons (Fsp3) is 1.00. The molecule has 1 heterocycles. The van der Waals surface area contributed by atoms with Gasteiger partial charge in [0.25, 0.3) is 0 Å². The molecule has 1 aliphatic rings. The Hall–Kier alpha value is -0.0900. The zero-order chi connectivity index (χ0) is 14.0. The Labute approximate surface area is 103 Å². The summed E-state index contributed by atoms with van der Waals surface area (Å²) < 4.78 is 23.9. The standard InChI is InChI=1S/C8H17O9P/c1-15-3-5-2-6(9)7(10)8(11,17-5)4-16-18(12,13)14/h5-7,9-11H,2-4H2,1H3,(H2,12,13,14)/p-2/t5?,6?,7?,8-/m0/s1. The van der Waals surface area contributed by atoms with E-state index in [4.69, 9.17) is 9.47 Å². The van der Waals surface area contributed by atoms with Crippen molar-refractivity contribution in [3.05, 3.63) is 0 Å². The van der Waals surface area contributed by atoms with Gasteiger partial charge >= 0.3 is 0 Å². The highest BCUT2D eigenvalue weighted by Gasteiger charge is 2.48. The first-order valence-electron chi connectivity index (χ1n) is 5.10. The van der Waals surface area contributed by atoms with Crippen LogP contribution >= 0.6 is 7.82 Å². The molecular formula is C8H15O9P-2. The second-order valence-electron chi connectivity index (χ2n) is 4.01. The number of ether oxygens (including phenoxy) is 2. The molecule has 0 amide bonds. The molecule has 1 saturated heterocycles. The average molecular weight is 286 g/mol. The highest BCUT2D eigenvalue weighted by Crippen LogP contribution is 2.33. The number of phosphoric acid groups is 1. The topological polar surface area (TPSA) is 152 Å². The summed E-state index contributed by atoms with van der Waals surface area (Å²) in [6, 6.07) is 0. The number of hydrogen-bond donors (Lipinski definition) is 3. The van der Waals surface area contributed by atoms with Crippen molar-refractivity contribution in [2.45, 2.75) is 30.5 Å². The lowest BCUT2D eigenvalue weighted by molar-refractivity contribution is -0.366. The van der Waals surface area contributed by atoms with Gasteiger partial charge in [0.05, 0.1) is 26.6 Å². The summed E-state index contributed by atoms with van der Waals surface area (Å²) >= 11 is 0. The first-order chi connectivity index (χ1) is 8.18. The van der Waals surface area contributed by atoms with E-state index < -0.39 is 38.5 Å². The summed E-state index contributed by atoms with van der Waals surface area (Å²) in [5.74, 6) is -2.48. The Morgan fingerprint density at radius 2 is 2.11 bits per heavy atom. The van der Waals surface area contributed by atoms with Crippen LogP contribution in [-0.4, -0.2) is 59.7 Å². The van der Waals surface area contributed by atoms with Crippen LogP contribution in [0.1, 0.15) is 6.42 Å². The van der Waals surface area contributed by atoms with Gasteiger partial charge in [0.2, 0.25) is 5.79 Å². The molecule has 1 rings (SSSR count). The third kappa shape index (κ3) is 4.23. The number of aliphatic hydroxyl groups is 3. The SMILES string of the molecule is COCC1CC(O)C(O)[C@](O)(COP(=O)([O-])[O-])O1. The van der Waals surface area contributed by atoms with E-state index in [1.807, 2.05) is 0 Å². The van der Waals surface area contributed by atoms with Crippen molar-refractivity contribution in [1.82, 2.24) is 0 Å². The van der Waals surface area contributed by atoms with Crippen LogP contribution < -0.4 is 9.79 Å². The van der Waals surface area contributed by atoms with Crippen molar-refractivity contribution in [3.63, 3.8) is 0 Å². The van der Waals surface area contributed by atoms with Crippen LogP contribution in [0.25, 0.3) is 0 Å². The van der Waals surface area contributed by atoms with E-state index >= 15 is 0 Å². The van der Waals surface area contributed by atoms with Crippen molar-refractivity contribution >= 4 is 7.82 Å². The van der Waals surface area contributed by atoms with E-state index in [-0.39, 0.29) is 13.0 Å². The highest BCUT2D eigenvalue weighted by molar-refractivity contribution is 7.43. The van der Waals surface area contributed by atoms with Crippen molar-refractivity contribution in [1.29, 1.82) is 0 Å². The van der Waals surface area contributed by atoms with Gasteiger partial charge in [-0.3, -0.25) is 0 Å². The van der Waals surface area contributed by atoms with Crippen LogP contribution in [0.3, 0.4) is 0 Å². The summed E-state index contributed by atoms with van der Waals surface area (Å²) in [6.07, 6.45) is -3.92. The summed E-state index contributed by atoms with van der Waals surface area (Å²) in [4.78, 5) is 20.7. The van der Waals surface area contributed by atoms with Crippen LogP contribution in [0.15, 0.2) is 0 Å². The summed E-state index contributed by atoms with van der Waals surface area (Å²) in [5.41, 5.74) is 0. The van der Waals surface area contributed by atoms with E-state index in [0.29, 0.717) is 0 Å². The molecule has 1 aliphatic heterocycles. The molecule has 4 atom stereocenters. The lowest BCUT2D eigenvalue weighted by Crippen LogP contribution is -2.61. The predicted molar refractivity (Wildman–Crippen MR) is 51.9 cm³/mol. The van der Waals surface area contributed by atoms with E-state index in [1.54, 1.807) is 0 Å². The highest BCUT2D eigenvalue weighted by atomic mass is 31.2. The quantitative estimate of drug-likeness (QED) is 0.441. The van der Waals surface area contributed by atoms with Gasteiger partial charge in [-0.25, -0.2) is 0 Å². The number of aliphatic hydroxyl groups excluding tert-OH is 2. The van der Waals surface area contributed by atoms with Crippen LogP contribution in [0.2, 0.25) is 0 Å². The first-order valence-corrected chi connectivity index (χ1v) is 6.56. The zero-order valence-corrected chi connectivity index (χ0v) is 10.5. The number of rotatable bonds is 5. The molecule has 0 bridgehead atoms. The molecule has 3 N–H and O–H groups in total. The minimum Gasteiger partial charge on any atom is -0.790 e. The van der Waals surface area contributed by atoms with Gasteiger partial charge < -0.3 is 43.7 Å². The van der Waals surface area contributed by atoms with Gasteiger partial charge in [-0.2, -0.15) is 0 Å². The van der Waals surface area contributed by atoms with Crippen molar-refractivity contribution in [2.75, 3.05) is 20.3 Å².